The third-order valence-electron chi connectivity index (χ3n) is 6.04. The molecule has 1 aromatic heterocycles. The minimum atomic E-state index is -0.0702. The zero-order valence-corrected chi connectivity index (χ0v) is 28.6. The minimum Gasteiger partial charge on any atom is -0.871 e. The molecule has 0 fully saturated rings. The second kappa shape index (κ2) is 17.1. The van der Waals surface area contributed by atoms with Crippen molar-refractivity contribution in [3.8, 4) is 34.4 Å². The third-order valence-corrected chi connectivity index (χ3v) is 6.34. The molecule has 0 aliphatic rings. The first-order valence-corrected chi connectivity index (χ1v) is 13.0. The van der Waals surface area contributed by atoms with E-state index in [0.717, 1.165) is 39.4 Å². The van der Waals surface area contributed by atoms with Gasteiger partial charge in [0.05, 0.1) is 32.4 Å². The maximum Gasteiger partial charge on any atom is 1.00 e. The van der Waals surface area contributed by atoms with E-state index in [9.17, 15) is 5.11 Å². The number of imidazole rings is 1. The van der Waals surface area contributed by atoms with E-state index in [1.54, 1.807) is 52.5 Å². The van der Waals surface area contributed by atoms with Crippen LogP contribution in [0.1, 0.15) is 11.1 Å². The third kappa shape index (κ3) is 9.16. The molecule has 0 aliphatic carbocycles. The number of para-hydroxylation sites is 1. The molecule has 0 unspecified atom stereocenters. The van der Waals surface area contributed by atoms with Crippen molar-refractivity contribution in [3.63, 3.8) is 0 Å². The van der Waals surface area contributed by atoms with Gasteiger partial charge in [-0.2, -0.15) is 0 Å². The average molecular weight is 613 g/mol. The van der Waals surface area contributed by atoms with Crippen molar-refractivity contribution < 1.29 is 70.7 Å². The van der Waals surface area contributed by atoms with Crippen LogP contribution in [0, 0.1) is 6.92 Å². The zero-order valence-electron chi connectivity index (χ0n) is 24.7. The van der Waals surface area contributed by atoms with Crippen molar-refractivity contribution in [3.05, 3.63) is 95.5 Å². The predicted octanol–water partition coefficient (Wildman–Crippen LogP) is 3.94. The maximum absolute atomic E-state index is 10.8. The number of nitrogens with two attached hydrogens (primary N) is 1. The molecule has 5 aromatic rings. The SMILES string of the molecule is C=Cc1cc(OC)c(OC)c(OC)c1.CNc1ccc(-c2nc3ccc(N)cc3[nH]2)cc1.Cc1cccc(Cl)c1[O-].[K+]. The normalized spacial score (nSPS) is 9.76. The number of halogens is 1. The van der Waals surface area contributed by atoms with E-state index in [2.05, 4.69) is 21.9 Å². The summed E-state index contributed by atoms with van der Waals surface area (Å²) in [5, 5.41) is 14.2. The van der Waals surface area contributed by atoms with Crippen molar-refractivity contribution in [2.75, 3.05) is 39.4 Å². The van der Waals surface area contributed by atoms with Crippen LogP contribution in [0.15, 0.2) is 79.4 Å². The molecule has 0 radical (unpaired) electrons. The Bertz CT molecular complexity index is 1560. The van der Waals surface area contributed by atoms with Crippen LogP contribution in [0.3, 0.4) is 0 Å². The maximum atomic E-state index is 10.8. The van der Waals surface area contributed by atoms with Gasteiger partial charge in [0.15, 0.2) is 11.5 Å². The summed E-state index contributed by atoms with van der Waals surface area (Å²) < 4.78 is 15.5. The van der Waals surface area contributed by atoms with Crippen LogP contribution >= 0.6 is 11.6 Å². The quantitative estimate of drug-likeness (QED) is 0.196. The smallest absolute Gasteiger partial charge is 0.871 e. The fraction of sp³-hybridized carbons (Fsp3) is 0.156. The molecular formula is C32H34ClKN4O4. The van der Waals surface area contributed by atoms with E-state index in [1.807, 2.05) is 61.6 Å². The number of anilines is 2. The number of fused-ring (bicyclic) bond motifs is 1. The van der Waals surface area contributed by atoms with Gasteiger partial charge in [-0.05, 0) is 73.2 Å². The van der Waals surface area contributed by atoms with Gasteiger partial charge in [-0.25, -0.2) is 4.98 Å². The van der Waals surface area contributed by atoms with Crippen molar-refractivity contribution in [1.82, 2.24) is 9.97 Å². The first-order chi connectivity index (χ1) is 19.7. The van der Waals surface area contributed by atoms with Gasteiger partial charge in [0.2, 0.25) is 5.75 Å². The molecule has 8 nitrogen and oxygen atoms in total. The van der Waals surface area contributed by atoms with Gasteiger partial charge in [-0.1, -0.05) is 47.7 Å². The van der Waals surface area contributed by atoms with Crippen molar-refractivity contribution in [2.45, 2.75) is 6.92 Å². The van der Waals surface area contributed by atoms with Crippen molar-refractivity contribution in [1.29, 1.82) is 0 Å². The van der Waals surface area contributed by atoms with E-state index < -0.39 is 0 Å². The summed E-state index contributed by atoms with van der Waals surface area (Å²) in [6.07, 6.45) is 1.73. The van der Waals surface area contributed by atoms with Crippen molar-refractivity contribution in [2.24, 2.45) is 0 Å². The standard InChI is InChI=1S/C14H14N4.C11H14O3.C7H7ClO.K/c1-16-11-5-2-9(3-6-11)14-17-12-7-4-10(15)8-13(12)18-14;1-5-8-6-9(12-2)11(14-4)10(7-8)13-3;1-5-3-2-4-6(8)7(5)9;/h2-8,16H,15H2,1H3,(H,17,18);5-7H,1H2,2-4H3;2-4,9H,1H3;/q;;;+1/p-1. The number of aromatic amines is 1. The summed E-state index contributed by atoms with van der Waals surface area (Å²) in [6, 6.07) is 22.6. The Kier molecular flexibility index (Phi) is 14.2. The Hall–Kier alpha value is -3.18. The van der Waals surface area contributed by atoms with Crippen LogP contribution in [0.4, 0.5) is 11.4 Å². The van der Waals surface area contributed by atoms with E-state index in [0.29, 0.717) is 27.8 Å². The molecule has 0 saturated heterocycles. The number of rotatable bonds is 6. The number of benzene rings is 4. The number of nitrogens with one attached hydrogen (secondary N) is 2. The molecule has 0 bridgehead atoms. The Morgan fingerprint density at radius 3 is 2.10 bits per heavy atom. The second-order valence-electron chi connectivity index (χ2n) is 8.74. The summed E-state index contributed by atoms with van der Waals surface area (Å²) in [7, 11) is 6.65. The molecule has 10 heteroatoms. The number of aryl methyl sites for hydroxylation is 1. The average Bonchev–Trinajstić information content (AvgIpc) is 3.43. The molecule has 42 heavy (non-hydrogen) atoms. The first-order valence-electron chi connectivity index (χ1n) is 12.6. The molecule has 4 N–H and O–H groups in total. The van der Waals surface area contributed by atoms with Gasteiger partial charge in [-0.15, -0.1) is 0 Å². The molecule has 4 aromatic carbocycles. The van der Waals surface area contributed by atoms with E-state index >= 15 is 0 Å². The molecule has 0 aliphatic heterocycles. The topological polar surface area (TPSA) is 117 Å². The Balaban J connectivity index is 0.000000230. The van der Waals surface area contributed by atoms with Crippen molar-refractivity contribution >= 4 is 40.1 Å². The number of aromatic nitrogens is 2. The Labute approximate surface area is 294 Å². The number of nitrogens with zero attached hydrogens (tertiary/aromatic N) is 1. The summed E-state index contributed by atoms with van der Waals surface area (Å²) in [5.74, 6) is 2.67. The van der Waals surface area contributed by atoms with Gasteiger partial charge in [-0.3, -0.25) is 0 Å². The van der Waals surface area contributed by atoms with Gasteiger partial charge < -0.3 is 35.4 Å². The minimum absolute atomic E-state index is 0. The van der Waals surface area contributed by atoms with Crippen LogP contribution < -0.4 is 81.8 Å². The van der Waals surface area contributed by atoms with E-state index in [-0.39, 0.29) is 57.1 Å². The largest absolute Gasteiger partial charge is 1.00 e. The monoisotopic (exact) mass is 612 g/mol. The number of H-pyrrole nitrogens is 1. The van der Waals surface area contributed by atoms with Crippen LogP contribution in [0.2, 0.25) is 5.02 Å². The van der Waals surface area contributed by atoms with E-state index in [1.165, 1.54) is 0 Å². The molecule has 0 amide bonds. The molecule has 1 heterocycles. The van der Waals surface area contributed by atoms with Gasteiger partial charge in [0.1, 0.15) is 5.82 Å². The molecule has 214 valence electrons. The van der Waals surface area contributed by atoms with E-state index in [4.69, 9.17) is 31.5 Å². The number of hydrogen-bond acceptors (Lipinski definition) is 7. The predicted molar refractivity (Wildman–Crippen MR) is 167 cm³/mol. The summed E-state index contributed by atoms with van der Waals surface area (Å²) in [6.45, 7) is 5.43. The zero-order chi connectivity index (χ0) is 29.9. The van der Waals surface area contributed by atoms with Gasteiger partial charge >= 0.3 is 51.4 Å². The van der Waals surface area contributed by atoms with Gasteiger partial charge in [0.25, 0.3) is 0 Å². The fourth-order valence-electron chi connectivity index (χ4n) is 3.79. The summed E-state index contributed by atoms with van der Waals surface area (Å²) >= 11 is 5.50. The van der Waals surface area contributed by atoms with Crippen LogP contribution in [0.5, 0.6) is 23.0 Å². The van der Waals surface area contributed by atoms with Crippen LogP contribution in [0.25, 0.3) is 28.5 Å². The van der Waals surface area contributed by atoms with Gasteiger partial charge in [0, 0.05) is 29.0 Å². The molecule has 0 saturated carbocycles. The molecule has 0 atom stereocenters. The molecule has 5 rings (SSSR count). The Morgan fingerprint density at radius 1 is 0.952 bits per heavy atom. The fourth-order valence-corrected chi connectivity index (χ4v) is 4.02. The number of methoxy groups -OCH3 is 3. The second-order valence-corrected chi connectivity index (χ2v) is 9.15. The van der Waals surface area contributed by atoms with Crippen LogP contribution in [-0.2, 0) is 0 Å². The number of ether oxygens (including phenoxy) is 3. The number of nitrogen functional groups attached to an aromatic ring is 1. The summed E-state index contributed by atoms with van der Waals surface area (Å²) in [5.41, 5.74) is 12.1. The Morgan fingerprint density at radius 2 is 1.60 bits per heavy atom. The number of hydrogen-bond donors (Lipinski definition) is 3. The van der Waals surface area contributed by atoms with Crippen LogP contribution in [-0.4, -0.2) is 38.3 Å². The molecular weight excluding hydrogens is 579 g/mol. The first kappa shape index (κ1) is 35.0. The summed E-state index contributed by atoms with van der Waals surface area (Å²) in [4.78, 5) is 7.83. The molecule has 0 spiro atoms.